The van der Waals surface area contributed by atoms with E-state index in [9.17, 15) is 9.18 Å². The molecular formula is C22H29FN6O. The van der Waals surface area contributed by atoms with Crippen LogP contribution in [-0.4, -0.2) is 43.5 Å². The van der Waals surface area contributed by atoms with Gasteiger partial charge in [0.05, 0.1) is 0 Å². The van der Waals surface area contributed by atoms with E-state index in [1.807, 2.05) is 18.2 Å². The van der Waals surface area contributed by atoms with Gasteiger partial charge in [-0.15, -0.1) is 0 Å². The number of carbonyl (C=O) groups is 1. The highest BCUT2D eigenvalue weighted by Crippen LogP contribution is 2.24. The molecule has 0 bridgehead atoms. The molecule has 8 heteroatoms. The van der Waals surface area contributed by atoms with E-state index in [2.05, 4.69) is 25.5 Å². The first-order valence-corrected chi connectivity index (χ1v) is 10.2. The number of halogens is 1. The molecule has 1 saturated heterocycles. The highest BCUT2D eigenvalue weighted by molar-refractivity contribution is 5.79. The number of primary amides is 1. The Morgan fingerprint density at radius 1 is 1.20 bits per heavy atom. The molecule has 0 spiro atoms. The molecular weight excluding hydrogens is 383 g/mol. The maximum Gasteiger partial charge on any atom is 0.220 e. The minimum absolute atomic E-state index is 0.0518. The summed E-state index contributed by atoms with van der Waals surface area (Å²) in [5, 5.41) is 6.52. The van der Waals surface area contributed by atoms with Crippen molar-refractivity contribution in [2.75, 3.05) is 31.6 Å². The van der Waals surface area contributed by atoms with Crippen molar-refractivity contribution in [2.24, 2.45) is 16.6 Å². The Hall–Kier alpha value is -3.16. The minimum atomic E-state index is -0.220. The van der Waals surface area contributed by atoms with Gasteiger partial charge in [0.2, 0.25) is 5.91 Å². The van der Waals surface area contributed by atoms with Crippen LogP contribution in [0.4, 0.5) is 10.2 Å². The van der Waals surface area contributed by atoms with Crippen LogP contribution in [-0.2, 0) is 17.8 Å². The lowest BCUT2D eigenvalue weighted by Crippen LogP contribution is -2.40. The second-order valence-electron chi connectivity index (χ2n) is 7.34. The Balaban J connectivity index is 1.53. The Labute approximate surface area is 176 Å². The summed E-state index contributed by atoms with van der Waals surface area (Å²) in [5.74, 6) is 1.09. The van der Waals surface area contributed by atoms with E-state index in [1.165, 1.54) is 6.07 Å². The van der Waals surface area contributed by atoms with Crippen LogP contribution in [0.3, 0.4) is 0 Å². The van der Waals surface area contributed by atoms with Crippen LogP contribution in [0.1, 0.15) is 24.0 Å². The van der Waals surface area contributed by atoms with Gasteiger partial charge in [0.15, 0.2) is 5.96 Å². The van der Waals surface area contributed by atoms with Gasteiger partial charge in [-0.3, -0.25) is 9.79 Å². The van der Waals surface area contributed by atoms with E-state index < -0.39 is 0 Å². The molecule has 3 rings (SSSR count). The molecule has 1 aromatic heterocycles. The molecule has 1 amide bonds. The summed E-state index contributed by atoms with van der Waals surface area (Å²) < 4.78 is 13.7. The maximum absolute atomic E-state index is 13.7. The fourth-order valence-electron chi connectivity index (χ4n) is 3.65. The smallest absolute Gasteiger partial charge is 0.220 e. The van der Waals surface area contributed by atoms with Crippen LogP contribution >= 0.6 is 0 Å². The predicted octanol–water partition coefficient (Wildman–Crippen LogP) is 1.83. The van der Waals surface area contributed by atoms with Crippen molar-refractivity contribution < 1.29 is 9.18 Å². The second kappa shape index (κ2) is 10.6. The summed E-state index contributed by atoms with van der Waals surface area (Å²) in [4.78, 5) is 22.4. The lowest BCUT2D eigenvalue weighted by atomic mass is 9.96. The first-order chi connectivity index (χ1) is 14.6. The van der Waals surface area contributed by atoms with Crippen molar-refractivity contribution >= 4 is 17.7 Å². The average Bonchev–Trinajstić information content (AvgIpc) is 2.77. The summed E-state index contributed by atoms with van der Waals surface area (Å²) in [7, 11) is 1.71. The number of amides is 1. The zero-order chi connectivity index (χ0) is 21.3. The van der Waals surface area contributed by atoms with Gasteiger partial charge in [0.1, 0.15) is 11.6 Å². The second-order valence-corrected chi connectivity index (χ2v) is 7.34. The standard InChI is InChI=1S/C22H29FN6O/c1-25-22(27-12-8-16-5-2-3-7-19(16)23)28-15-18-6-4-11-26-21(18)29-13-9-17(10-14-29)20(24)30/h2-7,11,17H,8-10,12-15H2,1H3,(H2,24,30)(H2,25,27,28). The van der Waals surface area contributed by atoms with Crippen LogP contribution in [0.15, 0.2) is 47.6 Å². The van der Waals surface area contributed by atoms with Gasteiger partial charge in [-0.25, -0.2) is 9.37 Å². The molecule has 0 saturated carbocycles. The molecule has 1 aliphatic rings. The molecule has 4 N–H and O–H groups in total. The number of nitrogens with one attached hydrogen (secondary N) is 2. The lowest BCUT2D eigenvalue weighted by Gasteiger charge is -2.32. The highest BCUT2D eigenvalue weighted by atomic mass is 19.1. The zero-order valence-electron chi connectivity index (χ0n) is 17.3. The molecule has 1 aromatic carbocycles. The van der Waals surface area contributed by atoms with Gasteiger partial charge in [0.25, 0.3) is 0 Å². The van der Waals surface area contributed by atoms with Crippen LogP contribution in [0, 0.1) is 11.7 Å². The number of carbonyl (C=O) groups excluding carboxylic acids is 1. The number of benzene rings is 1. The number of anilines is 1. The molecule has 0 radical (unpaired) electrons. The van der Waals surface area contributed by atoms with Crippen LogP contribution in [0.25, 0.3) is 0 Å². The number of rotatable bonds is 7. The molecule has 0 aliphatic carbocycles. The van der Waals surface area contributed by atoms with Gasteiger partial charge < -0.3 is 21.3 Å². The van der Waals surface area contributed by atoms with E-state index in [1.54, 1.807) is 25.4 Å². The fourth-order valence-corrected chi connectivity index (χ4v) is 3.65. The quantitative estimate of drug-likeness (QED) is 0.476. The van der Waals surface area contributed by atoms with E-state index in [4.69, 9.17) is 5.73 Å². The molecule has 1 aliphatic heterocycles. The number of pyridine rings is 1. The van der Waals surface area contributed by atoms with Crippen molar-refractivity contribution in [3.8, 4) is 0 Å². The van der Waals surface area contributed by atoms with Crippen LogP contribution < -0.4 is 21.3 Å². The number of aromatic nitrogens is 1. The third-order valence-electron chi connectivity index (χ3n) is 5.38. The third kappa shape index (κ3) is 5.68. The Morgan fingerprint density at radius 2 is 1.93 bits per heavy atom. The number of nitrogens with two attached hydrogens (primary N) is 1. The normalized spacial score (nSPS) is 15.1. The van der Waals surface area contributed by atoms with E-state index in [0.29, 0.717) is 31.0 Å². The third-order valence-corrected chi connectivity index (χ3v) is 5.38. The fraction of sp³-hybridized carbons (Fsp3) is 0.409. The number of nitrogens with zero attached hydrogens (tertiary/aromatic N) is 3. The van der Waals surface area contributed by atoms with Crippen molar-refractivity contribution in [1.29, 1.82) is 0 Å². The minimum Gasteiger partial charge on any atom is -0.369 e. The molecule has 2 aromatic rings. The molecule has 0 unspecified atom stereocenters. The molecule has 1 fully saturated rings. The average molecular weight is 413 g/mol. The molecule has 7 nitrogen and oxygen atoms in total. The first kappa shape index (κ1) is 21.5. The Morgan fingerprint density at radius 3 is 2.63 bits per heavy atom. The van der Waals surface area contributed by atoms with Crippen molar-refractivity contribution in [3.63, 3.8) is 0 Å². The summed E-state index contributed by atoms with van der Waals surface area (Å²) in [6, 6.07) is 10.7. The van der Waals surface area contributed by atoms with Gasteiger partial charge >= 0.3 is 0 Å². The number of guanidine groups is 1. The Bertz CT molecular complexity index is 879. The number of piperidine rings is 1. The molecule has 160 valence electrons. The van der Waals surface area contributed by atoms with Gasteiger partial charge in [-0.05, 0) is 37.0 Å². The maximum atomic E-state index is 13.7. The van der Waals surface area contributed by atoms with Gasteiger partial charge in [-0.2, -0.15) is 0 Å². The van der Waals surface area contributed by atoms with E-state index in [-0.39, 0.29) is 17.6 Å². The van der Waals surface area contributed by atoms with Crippen LogP contribution in [0.2, 0.25) is 0 Å². The van der Waals surface area contributed by atoms with Gasteiger partial charge in [0, 0.05) is 50.9 Å². The van der Waals surface area contributed by atoms with Crippen LogP contribution in [0.5, 0.6) is 0 Å². The largest absolute Gasteiger partial charge is 0.369 e. The number of hydrogen-bond acceptors (Lipinski definition) is 4. The summed E-state index contributed by atoms with van der Waals surface area (Å²) in [6.45, 7) is 2.64. The predicted molar refractivity (Wildman–Crippen MR) is 117 cm³/mol. The summed E-state index contributed by atoms with van der Waals surface area (Å²) in [5.41, 5.74) is 7.16. The SMILES string of the molecule is CN=C(NCCc1ccccc1F)NCc1cccnc1N1CCC(C(N)=O)CC1. The molecule has 0 atom stereocenters. The monoisotopic (exact) mass is 412 g/mol. The van der Waals surface area contributed by atoms with Crippen molar-refractivity contribution in [3.05, 3.63) is 59.5 Å². The first-order valence-electron chi connectivity index (χ1n) is 10.2. The van der Waals surface area contributed by atoms with Crippen molar-refractivity contribution in [1.82, 2.24) is 15.6 Å². The highest BCUT2D eigenvalue weighted by Gasteiger charge is 2.24. The topological polar surface area (TPSA) is 95.6 Å². The molecule has 2 heterocycles. The molecule has 30 heavy (non-hydrogen) atoms. The number of hydrogen-bond donors (Lipinski definition) is 3. The van der Waals surface area contributed by atoms with E-state index >= 15 is 0 Å². The number of aliphatic imine (C=N–C) groups is 1. The van der Waals surface area contributed by atoms with Crippen molar-refractivity contribution in [2.45, 2.75) is 25.8 Å². The Kier molecular flexibility index (Phi) is 7.59. The zero-order valence-corrected chi connectivity index (χ0v) is 17.3. The van der Waals surface area contributed by atoms with E-state index in [0.717, 1.165) is 37.3 Å². The summed E-state index contributed by atoms with van der Waals surface area (Å²) in [6.07, 6.45) is 3.84. The summed E-state index contributed by atoms with van der Waals surface area (Å²) >= 11 is 0. The lowest BCUT2D eigenvalue weighted by molar-refractivity contribution is -0.122. The van der Waals surface area contributed by atoms with Gasteiger partial charge in [-0.1, -0.05) is 24.3 Å².